The molecule has 0 atom stereocenters. The van der Waals surface area contributed by atoms with Crippen molar-refractivity contribution in [1.82, 2.24) is 19.3 Å². The molecule has 10 heteroatoms. The van der Waals surface area contributed by atoms with E-state index in [4.69, 9.17) is 4.74 Å². The molecular formula is C22H26N6O3S. The van der Waals surface area contributed by atoms with E-state index in [1.54, 1.807) is 25.4 Å². The van der Waals surface area contributed by atoms with E-state index in [1.165, 1.54) is 10.6 Å². The van der Waals surface area contributed by atoms with Crippen LogP contribution in [0.1, 0.15) is 11.1 Å². The van der Waals surface area contributed by atoms with Crippen LogP contribution in [0.2, 0.25) is 0 Å². The number of rotatable bonds is 6. The summed E-state index contributed by atoms with van der Waals surface area (Å²) in [7, 11) is -2.01. The Hall–Kier alpha value is -3.24. The zero-order valence-electron chi connectivity index (χ0n) is 18.3. The fourth-order valence-electron chi connectivity index (χ4n) is 3.72. The largest absolute Gasteiger partial charge is 0.496 e. The molecule has 32 heavy (non-hydrogen) atoms. The van der Waals surface area contributed by atoms with Crippen molar-refractivity contribution >= 4 is 27.5 Å². The second-order valence-corrected chi connectivity index (χ2v) is 9.41. The Kier molecular flexibility index (Phi) is 6.24. The third-order valence-corrected chi connectivity index (χ3v) is 7.70. The van der Waals surface area contributed by atoms with E-state index in [0.29, 0.717) is 54.0 Å². The lowest BCUT2D eigenvalue weighted by Gasteiger charge is -2.35. The summed E-state index contributed by atoms with van der Waals surface area (Å²) in [5.41, 5.74) is 1.55. The molecule has 1 saturated heterocycles. The van der Waals surface area contributed by atoms with E-state index in [-0.39, 0.29) is 0 Å². The summed E-state index contributed by atoms with van der Waals surface area (Å²) >= 11 is 0. The molecule has 3 aromatic rings. The van der Waals surface area contributed by atoms with Crippen LogP contribution >= 0.6 is 0 Å². The summed E-state index contributed by atoms with van der Waals surface area (Å²) in [5.74, 6) is 2.75. The first-order chi connectivity index (χ1) is 15.4. The number of nitrogens with zero attached hydrogens (tertiary/aromatic N) is 5. The van der Waals surface area contributed by atoms with E-state index in [9.17, 15) is 8.42 Å². The Balaban J connectivity index is 1.46. The van der Waals surface area contributed by atoms with Gasteiger partial charge in [-0.05, 0) is 49.2 Å². The number of hydrogen-bond acceptors (Lipinski definition) is 8. The lowest BCUT2D eigenvalue weighted by Crippen LogP contribution is -2.49. The smallest absolute Gasteiger partial charge is 0.243 e. The Morgan fingerprint density at radius 1 is 0.938 bits per heavy atom. The number of pyridine rings is 1. The zero-order chi connectivity index (χ0) is 22.7. The highest BCUT2D eigenvalue weighted by atomic mass is 32.2. The van der Waals surface area contributed by atoms with Gasteiger partial charge in [-0.1, -0.05) is 6.07 Å². The lowest BCUT2D eigenvalue weighted by molar-refractivity contribution is 0.383. The molecule has 4 rings (SSSR count). The van der Waals surface area contributed by atoms with Crippen molar-refractivity contribution in [3.63, 3.8) is 0 Å². The van der Waals surface area contributed by atoms with Crippen molar-refractivity contribution in [2.45, 2.75) is 18.7 Å². The van der Waals surface area contributed by atoms with Crippen LogP contribution in [-0.4, -0.2) is 61.0 Å². The third kappa shape index (κ3) is 4.37. The first kappa shape index (κ1) is 22.0. The molecule has 0 aliphatic carbocycles. The van der Waals surface area contributed by atoms with Gasteiger partial charge in [-0.3, -0.25) is 0 Å². The quantitative estimate of drug-likeness (QED) is 0.607. The second-order valence-electron chi connectivity index (χ2n) is 7.51. The number of aromatic nitrogens is 3. The SMILES string of the molecule is COc1ccc(S(=O)(=O)N2CCN(c3cc(Nc4ccccn4)ncn3)CC2)c(C)c1C. The van der Waals surface area contributed by atoms with Gasteiger partial charge in [0.05, 0.1) is 12.0 Å². The van der Waals surface area contributed by atoms with Crippen LogP contribution < -0.4 is 15.0 Å². The standard InChI is InChI=1S/C22H26N6O3S/c1-16-17(2)19(8-7-18(16)31-3)32(29,30)28-12-10-27(11-13-28)22-14-21(24-15-25-22)26-20-6-4-5-9-23-20/h4-9,14-15H,10-13H2,1-3H3,(H,23,24,25,26). The summed E-state index contributed by atoms with van der Waals surface area (Å²) < 4.78 is 33.4. The van der Waals surface area contributed by atoms with Crippen molar-refractivity contribution in [2.24, 2.45) is 0 Å². The highest BCUT2D eigenvalue weighted by molar-refractivity contribution is 7.89. The maximum absolute atomic E-state index is 13.3. The number of hydrogen-bond donors (Lipinski definition) is 1. The van der Waals surface area contributed by atoms with E-state index < -0.39 is 10.0 Å². The lowest BCUT2D eigenvalue weighted by atomic mass is 10.1. The molecule has 0 unspecified atom stereocenters. The van der Waals surface area contributed by atoms with E-state index in [1.807, 2.05) is 38.1 Å². The summed E-state index contributed by atoms with van der Waals surface area (Å²) in [6.45, 7) is 5.51. The van der Waals surface area contributed by atoms with Crippen LogP contribution in [-0.2, 0) is 10.0 Å². The van der Waals surface area contributed by atoms with Crippen molar-refractivity contribution in [3.8, 4) is 5.75 Å². The number of anilines is 3. The highest BCUT2D eigenvalue weighted by Crippen LogP contribution is 2.29. The van der Waals surface area contributed by atoms with Gasteiger partial charge in [-0.25, -0.2) is 23.4 Å². The molecule has 0 spiro atoms. The predicted molar refractivity (Wildman–Crippen MR) is 123 cm³/mol. The minimum Gasteiger partial charge on any atom is -0.496 e. The Morgan fingerprint density at radius 2 is 1.72 bits per heavy atom. The van der Waals surface area contributed by atoms with E-state index in [0.717, 1.165) is 11.4 Å². The fourth-order valence-corrected chi connectivity index (χ4v) is 5.43. The maximum atomic E-state index is 13.3. The fraction of sp³-hybridized carbons (Fsp3) is 0.318. The first-order valence-electron chi connectivity index (χ1n) is 10.3. The van der Waals surface area contributed by atoms with Gasteiger partial charge in [0.25, 0.3) is 0 Å². The van der Waals surface area contributed by atoms with Crippen LogP contribution in [0.5, 0.6) is 5.75 Å². The molecule has 1 aromatic carbocycles. The highest BCUT2D eigenvalue weighted by Gasteiger charge is 2.31. The van der Waals surface area contributed by atoms with E-state index in [2.05, 4.69) is 25.2 Å². The van der Waals surface area contributed by atoms with Gasteiger partial charge in [0.2, 0.25) is 10.0 Å². The van der Waals surface area contributed by atoms with Gasteiger partial charge in [-0.2, -0.15) is 4.31 Å². The third-order valence-electron chi connectivity index (χ3n) is 5.66. The molecule has 0 saturated carbocycles. The molecule has 1 N–H and O–H groups in total. The maximum Gasteiger partial charge on any atom is 0.243 e. The number of ether oxygens (including phenoxy) is 1. The van der Waals surface area contributed by atoms with E-state index >= 15 is 0 Å². The summed E-state index contributed by atoms with van der Waals surface area (Å²) in [6.07, 6.45) is 3.20. The van der Waals surface area contributed by atoms with Crippen LogP contribution in [0.4, 0.5) is 17.5 Å². The average Bonchev–Trinajstić information content (AvgIpc) is 2.81. The van der Waals surface area contributed by atoms with Crippen molar-refractivity contribution in [2.75, 3.05) is 43.5 Å². The van der Waals surface area contributed by atoms with Gasteiger partial charge in [0.15, 0.2) is 0 Å². The second kappa shape index (κ2) is 9.09. The summed E-state index contributed by atoms with van der Waals surface area (Å²) in [6, 6.07) is 10.8. The molecule has 3 heterocycles. The van der Waals surface area contributed by atoms with Gasteiger partial charge in [0.1, 0.15) is 29.5 Å². The number of nitrogens with one attached hydrogen (secondary N) is 1. The van der Waals surface area contributed by atoms with Crippen molar-refractivity contribution in [1.29, 1.82) is 0 Å². The number of methoxy groups -OCH3 is 1. The molecule has 2 aromatic heterocycles. The molecule has 9 nitrogen and oxygen atoms in total. The topological polar surface area (TPSA) is 101 Å². The van der Waals surface area contributed by atoms with Gasteiger partial charge in [0, 0.05) is 38.4 Å². The zero-order valence-corrected chi connectivity index (χ0v) is 19.1. The van der Waals surface area contributed by atoms with Crippen molar-refractivity contribution in [3.05, 3.63) is 60.0 Å². The molecule has 1 fully saturated rings. The number of benzene rings is 1. The minimum atomic E-state index is -3.60. The average molecular weight is 455 g/mol. The number of piperazine rings is 1. The minimum absolute atomic E-state index is 0.327. The molecule has 0 radical (unpaired) electrons. The summed E-state index contributed by atoms with van der Waals surface area (Å²) in [5, 5.41) is 3.15. The number of sulfonamides is 1. The first-order valence-corrected chi connectivity index (χ1v) is 11.7. The summed E-state index contributed by atoms with van der Waals surface area (Å²) in [4.78, 5) is 15.2. The normalized spacial score (nSPS) is 14.9. The van der Waals surface area contributed by atoms with Crippen LogP contribution in [0.15, 0.2) is 53.8 Å². The molecule has 0 amide bonds. The van der Waals surface area contributed by atoms with Crippen LogP contribution in [0.3, 0.4) is 0 Å². The van der Waals surface area contributed by atoms with Gasteiger partial charge in [-0.15, -0.1) is 0 Å². The molecule has 168 valence electrons. The van der Waals surface area contributed by atoms with Gasteiger partial charge >= 0.3 is 0 Å². The van der Waals surface area contributed by atoms with Crippen molar-refractivity contribution < 1.29 is 13.2 Å². The van der Waals surface area contributed by atoms with Gasteiger partial charge < -0.3 is 15.0 Å². The molecular weight excluding hydrogens is 428 g/mol. The molecule has 1 aliphatic rings. The Morgan fingerprint density at radius 3 is 2.41 bits per heavy atom. The van der Waals surface area contributed by atoms with Crippen LogP contribution in [0, 0.1) is 13.8 Å². The molecule has 0 bridgehead atoms. The Labute approximate surface area is 188 Å². The monoisotopic (exact) mass is 454 g/mol. The Bertz CT molecular complexity index is 1200. The van der Waals surface area contributed by atoms with Crippen LogP contribution in [0.25, 0.3) is 0 Å². The molecule has 1 aliphatic heterocycles. The predicted octanol–water partition coefficient (Wildman–Crippen LogP) is 2.75.